The third-order valence-corrected chi connectivity index (χ3v) is 3.62. The quantitative estimate of drug-likeness (QED) is 0.752. The summed E-state index contributed by atoms with van der Waals surface area (Å²) in [4.78, 5) is 20.0. The van der Waals surface area contributed by atoms with Crippen molar-refractivity contribution in [2.24, 2.45) is 0 Å². The largest absolute Gasteiger partial charge is 0.461 e. The number of hydrogen-bond donors (Lipinski definition) is 0. The van der Waals surface area contributed by atoms with Crippen LogP contribution >= 0.6 is 11.8 Å². The lowest BCUT2D eigenvalue weighted by molar-refractivity contribution is 0.0519. The van der Waals surface area contributed by atoms with Crippen molar-refractivity contribution in [3.63, 3.8) is 0 Å². The first-order chi connectivity index (χ1) is 7.81. The van der Waals surface area contributed by atoms with Crippen LogP contribution in [0.25, 0.3) is 0 Å². The van der Waals surface area contributed by atoms with Crippen LogP contribution in [0.15, 0.2) is 12.3 Å². The second kappa shape index (κ2) is 5.30. The predicted molar refractivity (Wildman–Crippen MR) is 62.7 cm³/mol. The zero-order chi connectivity index (χ0) is 11.4. The molecule has 1 aromatic heterocycles. The molecule has 0 aromatic carbocycles. The molecule has 2 heterocycles. The minimum absolute atomic E-state index is 0.364. The van der Waals surface area contributed by atoms with Crippen molar-refractivity contribution in [1.82, 2.24) is 9.97 Å². The SMILES string of the molecule is CCOC(=O)c1ccnc(C2CCSC2)n1. The third-order valence-electron chi connectivity index (χ3n) is 2.45. The molecule has 0 aliphatic carbocycles. The summed E-state index contributed by atoms with van der Waals surface area (Å²) in [6.45, 7) is 2.16. The van der Waals surface area contributed by atoms with Gasteiger partial charge in [0.15, 0.2) is 5.69 Å². The maximum atomic E-state index is 11.5. The summed E-state index contributed by atoms with van der Waals surface area (Å²) in [6.07, 6.45) is 2.73. The molecule has 0 bridgehead atoms. The monoisotopic (exact) mass is 238 g/mol. The van der Waals surface area contributed by atoms with E-state index in [2.05, 4.69) is 9.97 Å². The van der Waals surface area contributed by atoms with Gasteiger partial charge in [0.25, 0.3) is 0 Å². The molecule has 1 unspecified atom stereocenters. The highest BCUT2D eigenvalue weighted by Gasteiger charge is 2.21. The molecule has 5 heteroatoms. The molecule has 4 nitrogen and oxygen atoms in total. The number of carbonyl (C=O) groups excluding carboxylic acids is 1. The summed E-state index contributed by atoms with van der Waals surface area (Å²) in [5.41, 5.74) is 0.365. The number of aromatic nitrogens is 2. The fraction of sp³-hybridized carbons (Fsp3) is 0.545. The minimum Gasteiger partial charge on any atom is -0.461 e. The number of nitrogens with zero attached hydrogens (tertiary/aromatic N) is 2. The standard InChI is InChI=1S/C11H14N2O2S/c1-2-15-11(14)9-3-5-12-10(13-9)8-4-6-16-7-8/h3,5,8H,2,4,6-7H2,1H3. The van der Waals surface area contributed by atoms with Crippen LogP contribution in [0.5, 0.6) is 0 Å². The molecule has 0 amide bonds. The first kappa shape index (κ1) is 11.4. The van der Waals surface area contributed by atoms with Crippen LogP contribution in [0.3, 0.4) is 0 Å². The maximum absolute atomic E-state index is 11.5. The van der Waals surface area contributed by atoms with Crippen LogP contribution in [0, 0.1) is 0 Å². The molecular weight excluding hydrogens is 224 g/mol. The van der Waals surface area contributed by atoms with E-state index in [9.17, 15) is 4.79 Å². The Kier molecular flexibility index (Phi) is 3.77. The maximum Gasteiger partial charge on any atom is 0.357 e. The predicted octanol–water partition coefficient (Wildman–Crippen LogP) is 1.87. The molecule has 1 fully saturated rings. The Balaban J connectivity index is 2.15. The van der Waals surface area contributed by atoms with E-state index in [-0.39, 0.29) is 5.97 Å². The molecule has 0 radical (unpaired) electrons. The molecule has 1 atom stereocenters. The number of thioether (sulfide) groups is 1. The van der Waals surface area contributed by atoms with Crippen molar-refractivity contribution in [2.75, 3.05) is 18.1 Å². The molecule has 16 heavy (non-hydrogen) atoms. The molecular formula is C11H14N2O2S. The van der Waals surface area contributed by atoms with Crippen molar-refractivity contribution in [1.29, 1.82) is 0 Å². The zero-order valence-electron chi connectivity index (χ0n) is 9.18. The number of ether oxygens (including phenoxy) is 1. The van der Waals surface area contributed by atoms with Crippen LogP contribution in [0.2, 0.25) is 0 Å². The lowest BCUT2D eigenvalue weighted by Gasteiger charge is -2.07. The molecule has 1 saturated heterocycles. The van der Waals surface area contributed by atoms with E-state index in [1.165, 1.54) is 0 Å². The lowest BCUT2D eigenvalue weighted by Crippen LogP contribution is -2.11. The molecule has 0 saturated carbocycles. The third kappa shape index (κ3) is 2.52. The smallest absolute Gasteiger partial charge is 0.357 e. The van der Waals surface area contributed by atoms with Crippen LogP contribution in [-0.4, -0.2) is 34.0 Å². The van der Waals surface area contributed by atoms with Gasteiger partial charge in [-0.15, -0.1) is 0 Å². The fourth-order valence-corrected chi connectivity index (χ4v) is 2.85. The Morgan fingerprint density at radius 3 is 3.25 bits per heavy atom. The van der Waals surface area contributed by atoms with Crippen LogP contribution in [-0.2, 0) is 4.74 Å². The lowest BCUT2D eigenvalue weighted by atomic mass is 10.1. The Labute approximate surface area is 98.8 Å². The van der Waals surface area contributed by atoms with E-state index < -0.39 is 0 Å². The molecule has 86 valence electrons. The van der Waals surface area contributed by atoms with Crippen LogP contribution < -0.4 is 0 Å². The normalized spacial score (nSPS) is 19.7. The van der Waals surface area contributed by atoms with Gasteiger partial charge in [-0.3, -0.25) is 0 Å². The summed E-state index contributed by atoms with van der Waals surface area (Å²) in [6, 6.07) is 1.60. The average Bonchev–Trinajstić information content (AvgIpc) is 2.83. The van der Waals surface area contributed by atoms with Crippen molar-refractivity contribution >= 4 is 17.7 Å². The number of esters is 1. The molecule has 2 rings (SSSR count). The Hall–Kier alpha value is -1.10. The van der Waals surface area contributed by atoms with E-state index in [4.69, 9.17) is 4.74 Å². The van der Waals surface area contributed by atoms with Crippen molar-refractivity contribution in [3.05, 3.63) is 23.8 Å². The molecule has 1 aliphatic rings. The summed E-state index contributed by atoms with van der Waals surface area (Å²) < 4.78 is 4.91. The summed E-state index contributed by atoms with van der Waals surface area (Å²) in [5, 5.41) is 0. The number of hydrogen-bond acceptors (Lipinski definition) is 5. The van der Waals surface area contributed by atoms with Gasteiger partial charge in [-0.1, -0.05) is 0 Å². The first-order valence-corrected chi connectivity index (χ1v) is 6.54. The Morgan fingerprint density at radius 2 is 2.56 bits per heavy atom. The highest BCUT2D eigenvalue weighted by atomic mass is 32.2. The van der Waals surface area contributed by atoms with Gasteiger partial charge < -0.3 is 4.74 Å². The second-order valence-corrected chi connectivity index (χ2v) is 4.73. The molecule has 0 N–H and O–H groups in total. The van der Waals surface area contributed by atoms with E-state index in [0.29, 0.717) is 18.2 Å². The average molecular weight is 238 g/mol. The van der Waals surface area contributed by atoms with Gasteiger partial charge in [0.1, 0.15) is 5.82 Å². The van der Waals surface area contributed by atoms with Crippen LogP contribution in [0.4, 0.5) is 0 Å². The summed E-state index contributed by atoms with van der Waals surface area (Å²) in [5.74, 6) is 3.00. The van der Waals surface area contributed by atoms with Crippen molar-refractivity contribution < 1.29 is 9.53 Å². The van der Waals surface area contributed by atoms with E-state index in [1.54, 1.807) is 19.2 Å². The van der Waals surface area contributed by atoms with Gasteiger partial charge in [-0.05, 0) is 25.2 Å². The fourth-order valence-electron chi connectivity index (χ4n) is 1.63. The van der Waals surface area contributed by atoms with Crippen molar-refractivity contribution in [2.45, 2.75) is 19.3 Å². The molecule has 0 spiro atoms. The van der Waals surface area contributed by atoms with E-state index in [1.807, 2.05) is 11.8 Å². The number of carbonyl (C=O) groups is 1. The van der Waals surface area contributed by atoms with Gasteiger partial charge in [0.2, 0.25) is 0 Å². The van der Waals surface area contributed by atoms with Crippen LogP contribution in [0.1, 0.15) is 35.6 Å². The number of rotatable bonds is 3. The van der Waals surface area contributed by atoms with Crippen molar-refractivity contribution in [3.8, 4) is 0 Å². The van der Waals surface area contributed by atoms with Gasteiger partial charge in [-0.25, -0.2) is 14.8 Å². The highest BCUT2D eigenvalue weighted by Crippen LogP contribution is 2.30. The zero-order valence-corrected chi connectivity index (χ0v) is 10.00. The van der Waals surface area contributed by atoms with E-state index >= 15 is 0 Å². The summed E-state index contributed by atoms with van der Waals surface area (Å²) >= 11 is 1.91. The van der Waals surface area contributed by atoms with E-state index in [0.717, 1.165) is 23.8 Å². The topological polar surface area (TPSA) is 52.1 Å². The summed E-state index contributed by atoms with van der Waals surface area (Å²) in [7, 11) is 0. The molecule has 1 aromatic rings. The highest BCUT2D eigenvalue weighted by molar-refractivity contribution is 7.99. The second-order valence-electron chi connectivity index (χ2n) is 3.58. The first-order valence-electron chi connectivity index (χ1n) is 5.39. The Bertz CT molecular complexity index is 378. The Morgan fingerprint density at radius 1 is 1.69 bits per heavy atom. The minimum atomic E-state index is -0.364. The van der Waals surface area contributed by atoms with Gasteiger partial charge in [-0.2, -0.15) is 11.8 Å². The van der Waals surface area contributed by atoms with Gasteiger partial charge in [0.05, 0.1) is 6.61 Å². The van der Waals surface area contributed by atoms with Gasteiger partial charge in [0, 0.05) is 17.9 Å². The molecule has 1 aliphatic heterocycles. The van der Waals surface area contributed by atoms with Gasteiger partial charge >= 0.3 is 5.97 Å².